The Hall–Kier alpha value is -3.36. The number of aliphatic hydroxyl groups excluding tert-OH is 1. The van der Waals surface area contributed by atoms with Gasteiger partial charge >= 0.3 is 0 Å². The summed E-state index contributed by atoms with van der Waals surface area (Å²) >= 11 is 6.11. The third kappa shape index (κ3) is 4.19. The maximum Gasteiger partial charge on any atom is 0.290 e. The van der Waals surface area contributed by atoms with Crippen LogP contribution in [0.2, 0.25) is 5.02 Å². The Labute approximate surface area is 193 Å². The number of amides is 1. The molecule has 0 saturated heterocycles. The fourth-order valence-corrected chi connectivity index (χ4v) is 4.19. The number of aliphatic hydroxyl groups is 1. The standard InChI is InChI=1S/C24H21ClFNO6/c1-31-9-3-8-27-20(13-4-6-16(26)7-5-13)19(22(29)24(27)30)21(28)17-11-14-10-15(25)12-18(32-2)23(14)33-17/h4-7,10-12,20,29H,3,8-9H2,1-2H3. The van der Waals surface area contributed by atoms with Gasteiger partial charge in [0.15, 0.2) is 22.9 Å². The molecule has 1 N–H and O–H groups in total. The van der Waals surface area contributed by atoms with Gasteiger partial charge in [0.2, 0.25) is 5.78 Å². The number of nitrogens with zero attached hydrogens (tertiary/aromatic N) is 1. The predicted molar refractivity (Wildman–Crippen MR) is 119 cm³/mol. The molecule has 172 valence electrons. The van der Waals surface area contributed by atoms with E-state index in [0.29, 0.717) is 40.3 Å². The van der Waals surface area contributed by atoms with Crippen LogP contribution in [-0.4, -0.2) is 49.1 Å². The quantitative estimate of drug-likeness (QED) is 0.371. The SMILES string of the molecule is COCCCN1C(=O)C(O)=C(C(=O)c2cc3cc(Cl)cc(OC)c3o2)C1c1ccc(F)cc1. The minimum atomic E-state index is -0.916. The van der Waals surface area contributed by atoms with Gasteiger partial charge in [0.25, 0.3) is 5.91 Å². The molecule has 1 aliphatic heterocycles. The molecule has 1 unspecified atom stereocenters. The number of carbonyl (C=O) groups is 2. The lowest BCUT2D eigenvalue weighted by Crippen LogP contribution is -2.32. The maximum atomic E-state index is 13.6. The molecule has 0 aliphatic carbocycles. The summed E-state index contributed by atoms with van der Waals surface area (Å²) in [6, 6.07) is 9.15. The van der Waals surface area contributed by atoms with Crippen LogP contribution in [0, 0.1) is 5.82 Å². The number of fused-ring (bicyclic) bond motifs is 1. The Kier molecular flexibility index (Phi) is 6.40. The smallest absolute Gasteiger partial charge is 0.290 e. The second-order valence-corrected chi connectivity index (χ2v) is 7.96. The van der Waals surface area contributed by atoms with E-state index < -0.39 is 29.3 Å². The second kappa shape index (κ2) is 9.25. The summed E-state index contributed by atoms with van der Waals surface area (Å²) in [6.45, 7) is 0.604. The summed E-state index contributed by atoms with van der Waals surface area (Å²) in [4.78, 5) is 27.8. The van der Waals surface area contributed by atoms with Crippen LogP contribution in [0.1, 0.15) is 28.6 Å². The van der Waals surface area contributed by atoms with Crippen molar-refractivity contribution in [1.29, 1.82) is 0 Å². The van der Waals surface area contributed by atoms with Gasteiger partial charge in [-0.2, -0.15) is 0 Å². The van der Waals surface area contributed by atoms with E-state index in [1.54, 1.807) is 12.1 Å². The Bertz CT molecular complexity index is 1250. The lowest BCUT2D eigenvalue weighted by Gasteiger charge is -2.26. The molecule has 0 saturated carbocycles. The van der Waals surface area contributed by atoms with Crippen molar-refractivity contribution in [2.45, 2.75) is 12.5 Å². The number of benzene rings is 2. The lowest BCUT2D eigenvalue weighted by molar-refractivity contribution is -0.129. The third-order valence-electron chi connectivity index (χ3n) is 5.47. The molecule has 2 heterocycles. The third-order valence-corrected chi connectivity index (χ3v) is 5.69. The number of carbonyl (C=O) groups excluding carboxylic acids is 2. The zero-order chi connectivity index (χ0) is 23.7. The average molecular weight is 474 g/mol. The molecule has 7 nitrogen and oxygen atoms in total. The normalized spacial score (nSPS) is 16.2. The first-order valence-electron chi connectivity index (χ1n) is 10.2. The molecule has 1 aromatic heterocycles. The summed E-state index contributed by atoms with van der Waals surface area (Å²) in [5, 5.41) is 11.6. The van der Waals surface area contributed by atoms with E-state index in [-0.39, 0.29) is 17.9 Å². The van der Waals surface area contributed by atoms with Crippen molar-refractivity contribution in [3.63, 3.8) is 0 Å². The Morgan fingerprint density at radius 2 is 1.94 bits per heavy atom. The van der Waals surface area contributed by atoms with Gasteiger partial charge in [-0.15, -0.1) is 0 Å². The van der Waals surface area contributed by atoms with Crippen LogP contribution in [0.5, 0.6) is 5.75 Å². The first-order valence-corrected chi connectivity index (χ1v) is 10.5. The molecule has 1 aliphatic rings. The Morgan fingerprint density at radius 3 is 2.61 bits per heavy atom. The van der Waals surface area contributed by atoms with E-state index in [2.05, 4.69) is 0 Å². The van der Waals surface area contributed by atoms with Crippen LogP contribution in [0.15, 0.2) is 58.2 Å². The van der Waals surface area contributed by atoms with Gasteiger partial charge in [-0.25, -0.2) is 4.39 Å². The van der Waals surface area contributed by atoms with Crippen molar-refractivity contribution < 1.29 is 33.0 Å². The molecular weight excluding hydrogens is 453 g/mol. The van der Waals surface area contributed by atoms with Gasteiger partial charge in [-0.3, -0.25) is 9.59 Å². The first kappa shape index (κ1) is 22.8. The summed E-state index contributed by atoms with van der Waals surface area (Å²) in [5.74, 6) is -2.24. The van der Waals surface area contributed by atoms with E-state index in [1.807, 2.05) is 0 Å². The largest absolute Gasteiger partial charge is 0.503 e. The number of halogens is 2. The van der Waals surface area contributed by atoms with Gasteiger partial charge < -0.3 is 23.9 Å². The number of Topliss-reactive ketones (excluding diaryl/α,β-unsaturated/α-hetero) is 1. The van der Waals surface area contributed by atoms with Gasteiger partial charge in [-0.1, -0.05) is 23.7 Å². The Balaban J connectivity index is 1.79. The molecular formula is C24H21ClFNO6. The highest BCUT2D eigenvalue weighted by atomic mass is 35.5. The molecule has 1 atom stereocenters. The molecule has 9 heteroatoms. The van der Waals surface area contributed by atoms with Gasteiger partial charge in [0.1, 0.15) is 5.82 Å². The van der Waals surface area contributed by atoms with E-state index in [4.69, 9.17) is 25.5 Å². The molecule has 1 amide bonds. The average Bonchev–Trinajstić information content (AvgIpc) is 3.33. The van der Waals surface area contributed by atoms with Gasteiger partial charge in [0.05, 0.1) is 18.7 Å². The van der Waals surface area contributed by atoms with Gasteiger partial charge in [-0.05, 0) is 36.2 Å². The maximum absolute atomic E-state index is 13.6. The molecule has 4 rings (SSSR count). The highest BCUT2D eigenvalue weighted by Gasteiger charge is 2.44. The van der Waals surface area contributed by atoms with Crippen molar-refractivity contribution >= 4 is 34.3 Å². The molecule has 33 heavy (non-hydrogen) atoms. The summed E-state index contributed by atoms with van der Waals surface area (Å²) in [6.07, 6.45) is 0.481. The van der Waals surface area contributed by atoms with Crippen LogP contribution < -0.4 is 4.74 Å². The molecule has 0 fully saturated rings. The number of hydrogen-bond donors (Lipinski definition) is 1. The Morgan fingerprint density at radius 1 is 1.21 bits per heavy atom. The van der Waals surface area contributed by atoms with E-state index in [0.717, 1.165) is 0 Å². The molecule has 2 aromatic carbocycles. The summed E-state index contributed by atoms with van der Waals surface area (Å²) in [7, 11) is 2.98. The highest BCUT2D eigenvalue weighted by molar-refractivity contribution is 6.31. The monoisotopic (exact) mass is 473 g/mol. The predicted octanol–water partition coefficient (Wildman–Crippen LogP) is 4.85. The molecule has 0 spiro atoms. The topological polar surface area (TPSA) is 89.2 Å². The minimum absolute atomic E-state index is 0.0919. The van der Waals surface area contributed by atoms with Crippen molar-refractivity contribution in [3.8, 4) is 5.75 Å². The van der Waals surface area contributed by atoms with Gasteiger partial charge in [0, 0.05) is 36.7 Å². The van der Waals surface area contributed by atoms with Crippen LogP contribution in [0.3, 0.4) is 0 Å². The number of furan rings is 1. The van der Waals surface area contributed by atoms with Crippen LogP contribution >= 0.6 is 11.6 Å². The van der Waals surface area contributed by atoms with E-state index in [1.165, 1.54) is 49.5 Å². The van der Waals surface area contributed by atoms with Crippen molar-refractivity contribution in [1.82, 2.24) is 4.90 Å². The highest BCUT2D eigenvalue weighted by Crippen LogP contribution is 2.40. The molecule has 3 aromatic rings. The zero-order valence-electron chi connectivity index (χ0n) is 17.9. The van der Waals surface area contributed by atoms with Crippen LogP contribution in [0.4, 0.5) is 4.39 Å². The first-order chi connectivity index (χ1) is 15.8. The number of hydrogen-bond acceptors (Lipinski definition) is 6. The second-order valence-electron chi connectivity index (χ2n) is 7.53. The molecule has 0 bridgehead atoms. The van der Waals surface area contributed by atoms with Crippen molar-refractivity contribution in [2.75, 3.05) is 27.4 Å². The summed E-state index contributed by atoms with van der Waals surface area (Å²) in [5.41, 5.74) is 0.643. The lowest BCUT2D eigenvalue weighted by atomic mass is 9.95. The van der Waals surface area contributed by atoms with E-state index >= 15 is 0 Å². The fourth-order valence-electron chi connectivity index (χ4n) is 3.97. The number of ketones is 1. The van der Waals surface area contributed by atoms with Crippen molar-refractivity contribution in [2.24, 2.45) is 0 Å². The van der Waals surface area contributed by atoms with Crippen LogP contribution in [-0.2, 0) is 9.53 Å². The fraction of sp³-hybridized carbons (Fsp3) is 0.250. The number of ether oxygens (including phenoxy) is 2. The number of methoxy groups -OCH3 is 2. The summed E-state index contributed by atoms with van der Waals surface area (Å²) < 4.78 is 29.6. The van der Waals surface area contributed by atoms with Crippen molar-refractivity contribution in [3.05, 3.63) is 76.0 Å². The zero-order valence-corrected chi connectivity index (χ0v) is 18.7. The van der Waals surface area contributed by atoms with Crippen LogP contribution in [0.25, 0.3) is 11.0 Å². The number of rotatable bonds is 8. The van der Waals surface area contributed by atoms with E-state index in [9.17, 15) is 19.1 Å². The molecule has 0 radical (unpaired) electrons. The minimum Gasteiger partial charge on any atom is -0.503 e.